The van der Waals surface area contributed by atoms with Gasteiger partial charge in [0, 0.05) is 25.1 Å². The summed E-state index contributed by atoms with van der Waals surface area (Å²) in [6.45, 7) is 4.37. The number of fused-ring (bicyclic) bond motifs is 1. The largest absolute Gasteiger partial charge is 0.494 e. The van der Waals surface area contributed by atoms with E-state index in [2.05, 4.69) is 26.7 Å². The van der Waals surface area contributed by atoms with Gasteiger partial charge < -0.3 is 4.74 Å². The molecule has 2 aromatic carbocycles. The van der Waals surface area contributed by atoms with E-state index in [0.29, 0.717) is 35.9 Å². The number of ether oxygens (including phenoxy) is 1. The fraction of sp³-hybridized carbons (Fsp3) is 0.381. The van der Waals surface area contributed by atoms with E-state index in [1.54, 1.807) is 18.2 Å². The van der Waals surface area contributed by atoms with Crippen LogP contribution in [-0.4, -0.2) is 45.4 Å². The molecule has 1 fully saturated rings. The van der Waals surface area contributed by atoms with Crippen LogP contribution in [0.3, 0.4) is 0 Å². The van der Waals surface area contributed by atoms with Crippen molar-refractivity contribution < 1.29 is 13.2 Å². The van der Waals surface area contributed by atoms with Crippen molar-refractivity contribution in [2.24, 2.45) is 4.99 Å². The van der Waals surface area contributed by atoms with Gasteiger partial charge in [0.05, 0.1) is 11.5 Å². The smallest absolute Gasteiger partial charge is 0.263 e. The Morgan fingerprint density at radius 1 is 1.07 bits per heavy atom. The molecule has 7 heteroatoms. The number of aliphatic imine (C=N–C) groups is 1. The van der Waals surface area contributed by atoms with Gasteiger partial charge in [-0.25, -0.2) is 8.42 Å². The van der Waals surface area contributed by atoms with E-state index in [9.17, 15) is 8.42 Å². The zero-order valence-corrected chi connectivity index (χ0v) is 16.6. The predicted octanol–water partition coefficient (Wildman–Crippen LogP) is 2.79. The number of rotatable bonds is 7. The van der Waals surface area contributed by atoms with Crippen molar-refractivity contribution in [2.75, 3.05) is 26.2 Å². The van der Waals surface area contributed by atoms with Gasteiger partial charge in [-0.2, -0.15) is 0 Å². The van der Waals surface area contributed by atoms with Crippen LogP contribution < -0.4 is 9.46 Å². The molecule has 1 N–H and O–H groups in total. The van der Waals surface area contributed by atoms with Crippen LogP contribution in [0.15, 0.2) is 58.4 Å². The lowest BCUT2D eigenvalue weighted by Gasteiger charge is -2.15. The summed E-state index contributed by atoms with van der Waals surface area (Å²) in [6, 6.07) is 15.1. The van der Waals surface area contributed by atoms with Crippen molar-refractivity contribution in [3.05, 3.63) is 59.7 Å². The van der Waals surface area contributed by atoms with Crippen molar-refractivity contribution in [1.82, 2.24) is 9.62 Å². The van der Waals surface area contributed by atoms with E-state index in [0.717, 1.165) is 12.3 Å². The molecule has 148 valence electrons. The first-order chi connectivity index (χ1) is 13.6. The highest BCUT2D eigenvalue weighted by Crippen LogP contribution is 2.22. The van der Waals surface area contributed by atoms with Crippen molar-refractivity contribution >= 4 is 15.9 Å². The van der Waals surface area contributed by atoms with Gasteiger partial charge >= 0.3 is 0 Å². The van der Waals surface area contributed by atoms with E-state index in [-0.39, 0.29) is 0 Å². The molecule has 28 heavy (non-hydrogen) atoms. The lowest BCUT2D eigenvalue weighted by atomic mass is 10.2. The number of amidine groups is 1. The van der Waals surface area contributed by atoms with Gasteiger partial charge in [-0.15, -0.1) is 0 Å². The van der Waals surface area contributed by atoms with Crippen LogP contribution in [0.1, 0.15) is 30.4 Å². The fourth-order valence-electron chi connectivity index (χ4n) is 3.63. The standard InChI is InChI=1S/C21H25N3O3S/c25-28(26)20-10-2-1-9-19(20)21(23-28)22-11-6-14-27-18-8-5-7-17(15-18)16-24-12-3-4-13-24/h1-2,5,7-10,15H,3-4,6,11-14,16H2,(H,22,23). The first-order valence-corrected chi connectivity index (χ1v) is 11.2. The van der Waals surface area contributed by atoms with Gasteiger partial charge in [0.2, 0.25) is 0 Å². The van der Waals surface area contributed by atoms with Crippen LogP contribution in [0.5, 0.6) is 5.75 Å². The number of nitrogens with one attached hydrogen (secondary N) is 1. The van der Waals surface area contributed by atoms with Gasteiger partial charge in [0.25, 0.3) is 10.0 Å². The summed E-state index contributed by atoms with van der Waals surface area (Å²) in [5, 5.41) is 0. The lowest BCUT2D eigenvalue weighted by molar-refractivity contribution is 0.309. The highest BCUT2D eigenvalue weighted by molar-refractivity contribution is 7.90. The van der Waals surface area contributed by atoms with Gasteiger partial charge in [0.1, 0.15) is 11.6 Å². The monoisotopic (exact) mass is 399 g/mol. The summed E-state index contributed by atoms with van der Waals surface area (Å²) in [6.07, 6.45) is 3.29. The van der Waals surface area contributed by atoms with Crippen LogP contribution in [-0.2, 0) is 16.6 Å². The Bertz CT molecular complexity index is 966. The van der Waals surface area contributed by atoms with Crippen molar-refractivity contribution in [1.29, 1.82) is 0 Å². The van der Waals surface area contributed by atoms with Crippen molar-refractivity contribution in [2.45, 2.75) is 30.7 Å². The topological polar surface area (TPSA) is 71.0 Å². The highest BCUT2D eigenvalue weighted by atomic mass is 32.2. The average Bonchev–Trinajstić information content (AvgIpc) is 3.28. The number of nitrogens with zero attached hydrogens (tertiary/aromatic N) is 2. The van der Waals surface area contributed by atoms with Crippen molar-refractivity contribution in [3.8, 4) is 5.75 Å². The minimum Gasteiger partial charge on any atom is -0.494 e. The molecule has 2 aromatic rings. The third kappa shape index (κ3) is 4.36. The van der Waals surface area contributed by atoms with Gasteiger partial charge in [-0.3, -0.25) is 14.6 Å². The van der Waals surface area contributed by atoms with Gasteiger partial charge in [-0.1, -0.05) is 24.3 Å². The second-order valence-electron chi connectivity index (χ2n) is 7.16. The SMILES string of the molecule is O=S1(=O)NC(=NCCCOc2cccc(CN3CCCC3)c2)c2ccccc21. The van der Waals surface area contributed by atoms with Gasteiger partial charge in [0.15, 0.2) is 0 Å². The maximum absolute atomic E-state index is 12.1. The third-order valence-corrected chi connectivity index (χ3v) is 6.40. The molecular formula is C21H25N3O3S. The normalized spacial score (nSPS) is 19.5. The Kier molecular flexibility index (Phi) is 5.64. The van der Waals surface area contributed by atoms with E-state index in [1.165, 1.54) is 31.5 Å². The number of hydrogen-bond donors (Lipinski definition) is 1. The molecule has 2 aliphatic rings. The molecule has 0 radical (unpaired) electrons. The van der Waals surface area contributed by atoms with E-state index >= 15 is 0 Å². The maximum Gasteiger partial charge on any atom is 0.263 e. The Balaban J connectivity index is 1.28. The molecule has 2 heterocycles. The second kappa shape index (κ2) is 8.32. The predicted molar refractivity (Wildman–Crippen MR) is 109 cm³/mol. The van der Waals surface area contributed by atoms with Crippen LogP contribution in [0, 0.1) is 0 Å². The summed E-state index contributed by atoms with van der Waals surface area (Å²) in [7, 11) is -3.47. The summed E-state index contributed by atoms with van der Waals surface area (Å²) in [5.74, 6) is 1.29. The molecule has 2 aliphatic heterocycles. The summed E-state index contributed by atoms with van der Waals surface area (Å²) < 4.78 is 32.5. The summed E-state index contributed by atoms with van der Waals surface area (Å²) in [4.78, 5) is 7.18. The molecule has 0 saturated carbocycles. The molecular weight excluding hydrogens is 374 g/mol. The zero-order chi connectivity index (χ0) is 19.4. The number of likely N-dealkylation sites (tertiary alicyclic amines) is 1. The molecule has 0 unspecified atom stereocenters. The molecule has 1 saturated heterocycles. The molecule has 4 rings (SSSR count). The third-order valence-electron chi connectivity index (χ3n) is 5.01. The van der Waals surface area contributed by atoms with Crippen LogP contribution in [0.25, 0.3) is 0 Å². The maximum atomic E-state index is 12.1. The van der Waals surface area contributed by atoms with E-state index in [4.69, 9.17) is 4.74 Å². The number of benzene rings is 2. The summed E-state index contributed by atoms with van der Waals surface area (Å²) >= 11 is 0. The minimum absolute atomic E-state index is 0.291. The molecule has 6 nitrogen and oxygen atoms in total. The molecule has 0 atom stereocenters. The molecule has 0 spiro atoms. The van der Waals surface area contributed by atoms with Crippen molar-refractivity contribution in [3.63, 3.8) is 0 Å². The molecule has 0 bridgehead atoms. The Morgan fingerprint density at radius 2 is 1.89 bits per heavy atom. The average molecular weight is 400 g/mol. The number of sulfonamides is 1. The van der Waals surface area contributed by atoms with Crippen LogP contribution >= 0.6 is 0 Å². The van der Waals surface area contributed by atoms with E-state index < -0.39 is 10.0 Å². The minimum atomic E-state index is -3.47. The number of hydrogen-bond acceptors (Lipinski definition) is 5. The summed E-state index contributed by atoms with van der Waals surface area (Å²) in [5.41, 5.74) is 1.91. The quantitative estimate of drug-likeness (QED) is 0.727. The van der Waals surface area contributed by atoms with Crippen LogP contribution in [0.2, 0.25) is 0 Å². The lowest BCUT2D eigenvalue weighted by Crippen LogP contribution is -2.22. The molecule has 0 aliphatic carbocycles. The van der Waals surface area contributed by atoms with E-state index in [1.807, 2.05) is 18.2 Å². The first kappa shape index (κ1) is 19.0. The fourth-order valence-corrected chi connectivity index (χ4v) is 4.88. The molecule has 0 aromatic heterocycles. The second-order valence-corrected chi connectivity index (χ2v) is 8.82. The Labute approximate surface area is 166 Å². The first-order valence-electron chi connectivity index (χ1n) is 9.73. The van der Waals surface area contributed by atoms with Gasteiger partial charge in [-0.05, 0) is 55.8 Å². The zero-order valence-electron chi connectivity index (χ0n) is 15.8. The molecule has 0 amide bonds. The highest BCUT2D eigenvalue weighted by Gasteiger charge is 2.29. The van der Waals surface area contributed by atoms with Crippen LogP contribution in [0.4, 0.5) is 0 Å². The Hall–Kier alpha value is -2.38. The Morgan fingerprint density at radius 3 is 2.75 bits per heavy atom.